The maximum Gasteiger partial charge on any atom is 0.261 e. The molecule has 6 rings (SSSR count). The number of nitrogens with zero attached hydrogens (tertiary/aromatic N) is 2. The van der Waals surface area contributed by atoms with E-state index < -0.39 is 0 Å². The van der Waals surface area contributed by atoms with E-state index in [0.29, 0.717) is 29.9 Å². The molecule has 0 radical (unpaired) electrons. The molecule has 4 bridgehead atoms. The molecule has 1 N–H and O–H groups in total. The largest absolute Gasteiger partial charge is 0.383 e. The van der Waals surface area contributed by atoms with Crippen molar-refractivity contribution in [2.75, 3.05) is 13.7 Å². The Labute approximate surface area is 177 Å². The number of fused-ring (bicyclic) bond motifs is 1. The molecule has 0 aliphatic heterocycles. The smallest absolute Gasteiger partial charge is 0.261 e. The summed E-state index contributed by atoms with van der Waals surface area (Å²) in [5.74, 6) is 2.92. The van der Waals surface area contributed by atoms with E-state index in [1.165, 1.54) is 19.3 Å². The van der Waals surface area contributed by atoms with E-state index in [0.717, 1.165) is 37.0 Å². The van der Waals surface area contributed by atoms with Crippen molar-refractivity contribution in [2.45, 2.75) is 58.0 Å². The first-order chi connectivity index (χ1) is 14.5. The summed E-state index contributed by atoms with van der Waals surface area (Å²) in [7, 11) is 1.62. The van der Waals surface area contributed by atoms with Gasteiger partial charge in [0.2, 0.25) is 5.91 Å². The minimum atomic E-state index is -0.334. The van der Waals surface area contributed by atoms with Crippen LogP contribution in [0.15, 0.2) is 29.1 Å². The van der Waals surface area contributed by atoms with Gasteiger partial charge in [-0.2, -0.15) is 0 Å². The molecule has 0 saturated heterocycles. The summed E-state index contributed by atoms with van der Waals surface area (Å²) in [4.78, 5) is 31.4. The monoisotopic (exact) mass is 409 g/mol. The first kappa shape index (κ1) is 19.7. The van der Waals surface area contributed by atoms with E-state index in [1.807, 2.05) is 25.1 Å². The second kappa shape index (κ2) is 7.49. The molecular weight excluding hydrogens is 378 g/mol. The van der Waals surface area contributed by atoms with Gasteiger partial charge in [-0.25, -0.2) is 4.98 Å². The molecule has 4 saturated carbocycles. The molecule has 160 valence electrons. The maximum atomic E-state index is 13.5. The SMILES string of the molecule is COCCn1c(C(C)NC(=O)C23CC4CC(CC(C4)C2)C3)nc2ccccc2c1=O. The molecule has 4 aliphatic rings. The molecule has 0 spiro atoms. The number of carbonyl (C=O) groups is 1. The molecular formula is C24H31N3O3. The van der Waals surface area contributed by atoms with Crippen molar-refractivity contribution in [1.29, 1.82) is 0 Å². The summed E-state index contributed by atoms with van der Waals surface area (Å²) in [6.45, 7) is 2.78. The Bertz CT molecular complexity index is 993. The molecule has 1 aromatic carbocycles. The van der Waals surface area contributed by atoms with Gasteiger partial charge in [-0.1, -0.05) is 12.1 Å². The van der Waals surface area contributed by atoms with Gasteiger partial charge in [0.1, 0.15) is 5.82 Å². The average Bonchev–Trinajstić information content (AvgIpc) is 2.72. The van der Waals surface area contributed by atoms with Crippen LogP contribution in [0.25, 0.3) is 10.9 Å². The van der Waals surface area contributed by atoms with Gasteiger partial charge >= 0.3 is 0 Å². The lowest BCUT2D eigenvalue weighted by molar-refractivity contribution is -0.147. The molecule has 4 aliphatic carbocycles. The fourth-order valence-electron chi connectivity index (χ4n) is 6.72. The van der Waals surface area contributed by atoms with E-state index in [-0.39, 0.29) is 22.9 Å². The molecule has 1 unspecified atom stereocenters. The van der Waals surface area contributed by atoms with Gasteiger partial charge in [0.15, 0.2) is 0 Å². The number of hydrogen-bond donors (Lipinski definition) is 1. The second-order valence-corrected chi connectivity index (χ2v) is 9.83. The van der Waals surface area contributed by atoms with Crippen molar-refractivity contribution in [3.05, 3.63) is 40.4 Å². The zero-order chi connectivity index (χ0) is 20.9. The lowest BCUT2D eigenvalue weighted by Gasteiger charge is -2.55. The minimum absolute atomic E-state index is 0.0800. The highest BCUT2D eigenvalue weighted by Gasteiger charge is 2.54. The number of rotatable bonds is 6. The van der Waals surface area contributed by atoms with Crippen molar-refractivity contribution in [3.63, 3.8) is 0 Å². The summed E-state index contributed by atoms with van der Waals surface area (Å²) in [5.41, 5.74) is 0.378. The van der Waals surface area contributed by atoms with E-state index in [1.54, 1.807) is 17.7 Å². The van der Waals surface area contributed by atoms with E-state index >= 15 is 0 Å². The van der Waals surface area contributed by atoms with Gasteiger partial charge in [0, 0.05) is 12.5 Å². The van der Waals surface area contributed by atoms with Crippen LogP contribution in [-0.4, -0.2) is 29.2 Å². The molecule has 6 heteroatoms. The highest BCUT2D eigenvalue weighted by Crippen LogP contribution is 2.60. The van der Waals surface area contributed by atoms with Gasteiger partial charge in [-0.3, -0.25) is 14.2 Å². The fourth-order valence-corrected chi connectivity index (χ4v) is 6.72. The zero-order valence-corrected chi connectivity index (χ0v) is 17.9. The first-order valence-electron chi connectivity index (χ1n) is 11.3. The average molecular weight is 410 g/mol. The van der Waals surface area contributed by atoms with Crippen molar-refractivity contribution < 1.29 is 9.53 Å². The third-order valence-corrected chi connectivity index (χ3v) is 7.66. The fraction of sp³-hybridized carbons (Fsp3) is 0.625. The Kier molecular flexibility index (Phi) is 4.92. The summed E-state index contributed by atoms with van der Waals surface area (Å²) < 4.78 is 6.88. The van der Waals surface area contributed by atoms with Gasteiger partial charge in [-0.15, -0.1) is 0 Å². The Morgan fingerprint density at radius 1 is 1.20 bits per heavy atom. The molecule has 1 heterocycles. The van der Waals surface area contributed by atoms with Crippen LogP contribution in [-0.2, 0) is 16.1 Å². The molecule has 4 fully saturated rings. The summed E-state index contributed by atoms with van der Waals surface area (Å²) in [5, 5.41) is 3.85. The number of ether oxygens (including phenoxy) is 1. The molecule has 1 aromatic heterocycles. The molecule has 1 atom stereocenters. The second-order valence-electron chi connectivity index (χ2n) is 9.83. The topological polar surface area (TPSA) is 73.2 Å². The van der Waals surface area contributed by atoms with Crippen LogP contribution in [0.1, 0.15) is 57.3 Å². The van der Waals surface area contributed by atoms with Crippen LogP contribution in [0.5, 0.6) is 0 Å². The highest BCUT2D eigenvalue weighted by atomic mass is 16.5. The van der Waals surface area contributed by atoms with Crippen molar-refractivity contribution in [2.24, 2.45) is 23.2 Å². The Hall–Kier alpha value is -2.21. The number of carbonyl (C=O) groups excluding carboxylic acids is 1. The lowest BCUT2D eigenvalue weighted by Crippen LogP contribution is -2.54. The summed E-state index contributed by atoms with van der Waals surface area (Å²) >= 11 is 0. The Morgan fingerprint density at radius 2 is 1.83 bits per heavy atom. The van der Waals surface area contributed by atoms with Crippen LogP contribution >= 0.6 is 0 Å². The van der Waals surface area contributed by atoms with Crippen LogP contribution < -0.4 is 10.9 Å². The normalized spacial score (nSPS) is 30.5. The molecule has 6 nitrogen and oxygen atoms in total. The minimum Gasteiger partial charge on any atom is -0.383 e. The number of aromatic nitrogens is 2. The predicted octanol–water partition coefficient (Wildman–Crippen LogP) is 3.44. The third-order valence-electron chi connectivity index (χ3n) is 7.66. The third kappa shape index (κ3) is 3.25. The van der Waals surface area contributed by atoms with Gasteiger partial charge < -0.3 is 10.1 Å². The number of hydrogen-bond acceptors (Lipinski definition) is 4. The van der Waals surface area contributed by atoms with Crippen molar-refractivity contribution in [3.8, 4) is 0 Å². The lowest BCUT2D eigenvalue weighted by atomic mass is 9.49. The first-order valence-corrected chi connectivity index (χ1v) is 11.3. The molecule has 30 heavy (non-hydrogen) atoms. The van der Waals surface area contributed by atoms with Crippen LogP contribution in [0.4, 0.5) is 0 Å². The quantitative estimate of drug-likeness (QED) is 0.793. The number of nitrogens with one attached hydrogen (secondary N) is 1. The maximum absolute atomic E-state index is 13.5. The van der Waals surface area contributed by atoms with E-state index in [2.05, 4.69) is 5.32 Å². The summed E-state index contributed by atoms with van der Waals surface area (Å²) in [6, 6.07) is 7.06. The summed E-state index contributed by atoms with van der Waals surface area (Å²) in [6.07, 6.45) is 7.01. The zero-order valence-electron chi connectivity index (χ0n) is 17.9. The molecule has 2 aromatic rings. The highest BCUT2D eigenvalue weighted by molar-refractivity contribution is 5.83. The molecule has 1 amide bonds. The van der Waals surface area contributed by atoms with E-state index in [9.17, 15) is 9.59 Å². The van der Waals surface area contributed by atoms with Gasteiger partial charge in [0.05, 0.1) is 30.1 Å². The predicted molar refractivity (Wildman–Crippen MR) is 115 cm³/mol. The van der Waals surface area contributed by atoms with Crippen LogP contribution in [0, 0.1) is 23.2 Å². The number of para-hydroxylation sites is 1. The van der Waals surface area contributed by atoms with Crippen LogP contribution in [0.3, 0.4) is 0 Å². The van der Waals surface area contributed by atoms with E-state index in [4.69, 9.17) is 9.72 Å². The Balaban J connectivity index is 1.45. The van der Waals surface area contributed by atoms with Crippen LogP contribution in [0.2, 0.25) is 0 Å². The number of methoxy groups -OCH3 is 1. The number of benzene rings is 1. The standard InChI is InChI=1S/C24H31N3O3/c1-15(25-23(29)24-12-16-9-17(13-24)11-18(10-16)14-24)21-26-20-6-4-3-5-19(20)22(28)27(21)7-8-30-2/h3-6,15-18H,7-14H2,1-2H3,(H,25,29). The van der Waals surface area contributed by atoms with Gasteiger partial charge in [-0.05, 0) is 75.3 Å². The van der Waals surface area contributed by atoms with Gasteiger partial charge in [0.25, 0.3) is 5.56 Å². The van der Waals surface area contributed by atoms with Crippen molar-refractivity contribution in [1.82, 2.24) is 14.9 Å². The number of amides is 1. The van der Waals surface area contributed by atoms with Crippen molar-refractivity contribution >= 4 is 16.8 Å². The Morgan fingerprint density at radius 3 is 2.47 bits per heavy atom.